The van der Waals surface area contributed by atoms with E-state index in [9.17, 15) is 15.8 Å². The van der Waals surface area contributed by atoms with E-state index in [-0.39, 0.29) is 0 Å². The summed E-state index contributed by atoms with van der Waals surface area (Å²) in [6, 6.07) is 51.4. The van der Waals surface area contributed by atoms with Gasteiger partial charge in [-0.1, -0.05) is 18.2 Å². The van der Waals surface area contributed by atoms with Gasteiger partial charge in [-0.05, 0) is 121 Å². The molecule has 2 heterocycles. The zero-order valence-corrected chi connectivity index (χ0v) is 23.9. The molecule has 45 heavy (non-hydrogen) atoms. The average Bonchev–Trinajstić information content (AvgIpc) is 3.10. The zero-order valence-electron chi connectivity index (χ0n) is 23.9. The Morgan fingerprint density at radius 3 is 1.02 bits per heavy atom. The monoisotopic (exact) mass is 577 g/mol. The Morgan fingerprint density at radius 2 is 0.667 bits per heavy atom. The molecule has 1 aliphatic heterocycles. The van der Waals surface area contributed by atoms with Crippen LogP contribution in [-0.2, 0) is 0 Å². The molecule has 6 aromatic rings. The molecule has 0 saturated heterocycles. The summed E-state index contributed by atoms with van der Waals surface area (Å²) in [6.45, 7) is 0. The molecular weight excluding hydrogens is 554 g/mol. The van der Waals surface area contributed by atoms with Gasteiger partial charge in [0.25, 0.3) is 0 Å². The number of aromatic nitrogens is 1. The number of rotatable bonds is 3. The van der Waals surface area contributed by atoms with Crippen molar-refractivity contribution in [1.29, 1.82) is 15.8 Å². The minimum atomic E-state index is 0.570. The average molecular weight is 578 g/mol. The minimum Gasteiger partial charge on any atom is -0.310 e. The molecule has 7 rings (SSSR count). The van der Waals surface area contributed by atoms with Crippen LogP contribution in [-0.4, -0.2) is 4.98 Å². The van der Waals surface area contributed by atoms with Crippen molar-refractivity contribution < 1.29 is 0 Å². The first-order valence-electron chi connectivity index (χ1n) is 14.2. The van der Waals surface area contributed by atoms with E-state index in [0.717, 1.165) is 39.8 Å². The molecule has 7 nitrogen and oxygen atoms in total. The Hall–Kier alpha value is -6.88. The molecule has 0 N–H and O–H groups in total. The first-order chi connectivity index (χ1) is 22.1. The molecule has 0 unspecified atom stereocenters. The highest BCUT2D eigenvalue weighted by Crippen LogP contribution is 2.44. The predicted octanol–water partition coefficient (Wildman–Crippen LogP) is 9.42. The van der Waals surface area contributed by atoms with Crippen LogP contribution in [0.5, 0.6) is 0 Å². The van der Waals surface area contributed by atoms with E-state index < -0.39 is 0 Å². The van der Waals surface area contributed by atoms with Gasteiger partial charge in [-0.3, -0.25) is 9.80 Å². The highest BCUT2D eigenvalue weighted by atomic mass is 15.3. The van der Waals surface area contributed by atoms with Gasteiger partial charge in [0.1, 0.15) is 11.6 Å². The van der Waals surface area contributed by atoms with Crippen molar-refractivity contribution in [1.82, 2.24) is 4.98 Å². The number of hydrogen-bond donors (Lipinski definition) is 0. The van der Waals surface area contributed by atoms with Gasteiger partial charge in [0.05, 0.1) is 34.9 Å². The van der Waals surface area contributed by atoms with E-state index in [2.05, 4.69) is 57.2 Å². The number of benzene rings is 5. The van der Waals surface area contributed by atoms with Gasteiger partial charge in [-0.25, -0.2) is 4.98 Å². The van der Waals surface area contributed by atoms with E-state index in [1.54, 1.807) is 24.3 Å². The third kappa shape index (κ3) is 5.06. The standard InChI is InChI=1S/C38H23N7/c39-24-27-10-16-30(17-11-27)43-33-4-1-6-35(22-33)44(31-18-12-28(25-40)13-19-31)37-8-3-9-38(42-37)45(36-7-2-5-34(43)23-36)32-20-14-29(26-41)15-21-32/h1-23H. The van der Waals surface area contributed by atoms with E-state index in [0.29, 0.717) is 28.3 Å². The van der Waals surface area contributed by atoms with Crippen LogP contribution in [0.2, 0.25) is 0 Å². The molecule has 0 aliphatic carbocycles. The molecule has 0 saturated carbocycles. The molecule has 1 aromatic heterocycles. The maximum absolute atomic E-state index is 9.46. The smallest absolute Gasteiger partial charge is 0.140 e. The lowest BCUT2D eigenvalue weighted by molar-refractivity contribution is 1.12. The van der Waals surface area contributed by atoms with Crippen molar-refractivity contribution >= 4 is 51.4 Å². The second kappa shape index (κ2) is 11.4. The minimum absolute atomic E-state index is 0.570. The van der Waals surface area contributed by atoms with Gasteiger partial charge < -0.3 is 4.90 Å². The summed E-state index contributed by atoms with van der Waals surface area (Å²) in [7, 11) is 0. The summed E-state index contributed by atoms with van der Waals surface area (Å²) in [5.74, 6) is 1.38. The molecule has 0 spiro atoms. The van der Waals surface area contributed by atoms with Gasteiger partial charge in [-0.15, -0.1) is 0 Å². The Bertz CT molecular complexity index is 1840. The van der Waals surface area contributed by atoms with Crippen molar-refractivity contribution in [2.45, 2.75) is 0 Å². The molecule has 6 bridgehead atoms. The topological polar surface area (TPSA) is 94.0 Å². The summed E-state index contributed by atoms with van der Waals surface area (Å²) in [5, 5.41) is 28.4. The molecule has 0 amide bonds. The summed E-state index contributed by atoms with van der Waals surface area (Å²) >= 11 is 0. The van der Waals surface area contributed by atoms with Crippen molar-refractivity contribution in [3.8, 4) is 18.2 Å². The fraction of sp³-hybridized carbons (Fsp3) is 0. The number of anilines is 9. The second-order valence-corrected chi connectivity index (χ2v) is 10.4. The highest BCUT2D eigenvalue weighted by Gasteiger charge is 2.23. The predicted molar refractivity (Wildman–Crippen MR) is 176 cm³/mol. The molecule has 210 valence electrons. The number of nitrogens with zero attached hydrogens (tertiary/aromatic N) is 7. The summed E-state index contributed by atoms with van der Waals surface area (Å²) in [6.07, 6.45) is 0. The van der Waals surface area contributed by atoms with E-state index in [1.165, 1.54) is 0 Å². The Labute approximate surface area is 260 Å². The first kappa shape index (κ1) is 27.0. The Kier molecular flexibility index (Phi) is 6.85. The number of hydrogen-bond acceptors (Lipinski definition) is 7. The Balaban J connectivity index is 1.52. The van der Waals surface area contributed by atoms with Crippen LogP contribution in [0.1, 0.15) is 16.7 Å². The van der Waals surface area contributed by atoms with Crippen LogP contribution in [0.3, 0.4) is 0 Å². The van der Waals surface area contributed by atoms with Crippen LogP contribution in [0.15, 0.2) is 140 Å². The quantitative estimate of drug-likeness (QED) is 0.206. The molecule has 5 aromatic carbocycles. The molecule has 0 atom stereocenters. The fourth-order valence-electron chi connectivity index (χ4n) is 5.53. The van der Waals surface area contributed by atoms with Crippen LogP contribution in [0.25, 0.3) is 0 Å². The lowest BCUT2D eigenvalue weighted by Crippen LogP contribution is -2.18. The lowest BCUT2D eigenvalue weighted by Gasteiger charge is -2.32. The van der Waals surface area contributed by atoms with Crippen LogP contribution in [0.4, 0.5) is 51.4 Å². The van der Waals surface area contributed by atoms with Gasteiger partial charge in [0, 0.05) is 39.8 Å². The van der Waals surface area contributed by atoms with E-state index >= 15 is 0 Å². The van der Waals surface area contributed by atoms with Gasteiger partial charge in [-0.2, -0.15) is 15.8 Å². The third-order valence-corrected chi connectivity index (χ3v) is 7.63. The van der Waals surface area contributed by atoms with Gasteiger partial charge in [0.15, 0.2) is 0 Å². The van der Waals surface area contributed by atoms with Crippen molar-refractivity contribution in [3.05, 3.63) is 156 Å². The van der Waals surface area contributed by atoms with E-state index in [1.807, 2.05) is 91.0 Å². The SMILES string of the molecule is N#Cc1ccc(N2c3cccc(c3)N(c3ccc(C#N)cc3)c3cccc(n3)N(c3ccc(C#N)cc3)c3cccc2c3)cc1. The third-order valence-electron chi connectivity index (χ3n) is 7.63. The molecule has 0 fully saturated rings. The van der Waals surface area contributed by atoms with Crippen molar-refractivity contribution in [2.75, 3.05) is 14.7 Å². The Morgan fingerprint density at radius 1 is 0.356 bits per heavy atom. The lowest BCUT2D eigenvalue weighted by atomic mass is 10.1. The highest BCUT2D eigenvalue weighted by molar-refractivity contribution is 5.86. The molecule has 7 heteroatoms. The largest absolute Gasteiger partial charge is 0.310 e. The maximum atomic E-state index is 9.46. The van der Waals surface area contributed by atoms with Crippen molar-refractivity contribution in [3.63, 3.8) is 0 Å². The van der Waals surface area contributed by atoms with Crippen LogP contribution in [0, 0.1) is 34.0 Å². The van der Waals surface area contributed by atoms with E-state index in [4.69, 9.17) is 4.98 Å². The molecule has 0 radical (unpaired) electrons. The summed E-state index contributed by atoms with van der Waals surface area (Å²) < 4.78 is 0. The van der Waals surface area contributed by atoms with Crippen molar-refractivity contribution in [2.24, 2.45) is 0 Å². The molecular formula is C38H23N7. The summed E-state index contributed by atoms with van der Waals surface area (Å²) in [5.41, 5.74) is 7.89. The number of fused-ring (bicyclic) bond motifs is 6. The number of pyridine rings is 1. The first-order valence-corrected chi connectivity index (χ1v) is 14.2. The zero-order chi connectivity index (χ0) is 30.8. The van der Waals surface area contributed by atoms with Gasteiger partial charge >= 0.3 is 0 Å². The number of nitriles is 3. The second-order valence-electron chi connectivity index (χ2n) is 10.4. The van der Waals surface area contributed by atoms with Crippen LogP contribution < -0.4 is 14.7 Å². The molecule has 1 aliphatic rings. The van der Waals surface area contributed by atoms with Crippen LogP contribution >= 0.6 is 0 Å². The van der Waals surface area contributed by atoms with Gasteiger partial charge in [0.2, 0.25) is 0 Å². The summed E-state index contributed by atoms with van der Waals surface area (Å²) in [4.78, 5) is 11.5. The fourth-order valence-corrected chi connectivity index (χ4v) is 5.53. The normalized spacial score (nSPS) is 11.8. The maximum Gasteiger partial charge on any atom is 0.140 e.